The van der Waals surface area contributed by atoms with Crippen LogP contribution in [0.25, 0.3) is 10.9 Å². The van der Waals surface area contributed by atoms with Gasteiger partial charge < -0.3 is 4.57 Å². The molecule has 3 rings (SSSR count). The smallest absolute Gasteiger partial charge is 0.102 e. The van der Waals surface area contributed by atoms with Crippen molar-refractivity contribution in [2.24, 2.45) is 7.05 Å². The number of hydrogen-bond donors (Lipinski definition) is 0. The summed E-state index contributed by atoms with van der Waals surface area (Å²) < 4.78 is 2.13. The zero-order valence-corrected chi connectivity index (χ0v) is 11.1. The van der Waals surface area contributed by atoms with E-state index in [1.54, 1.807) is 0 Å². The summed E-state index contributed by atoms with van der Waals surface area (Å²) in [6.45, 7) is 7.34. The van der Waals surface area contributed by atoms with Gasteiger partial charge in [0.25, 0.3) is 0 Å². The summed E-state index contributed by atoms with van der Waals surface area (Å²) >= 11 is 0. The Bertz CT molecular complexity index is 673. The van der Waals surface area contributed by atoms with E-state index < -0.39 is 0 Å². The van der Waals surface area contributed by atoms with Gasteiger partial charge in [-0.15, -0.1) is 0 Å². The molecule has 0 spiro atoms. The maximum Gasteiger partial charge on any atom is 0.102 e. The van der Waals surface area contributed by atoms with E-state index in [0.29, 0.717) is 0 Å². The maximum atomic E-state index is 9.30. The van der Waals surface area contributed by atoms with Crippen LogP contribution in [0, 0.1) is 18.3 Å². The van der Waals surface area contributed by atoms with Crippen molar-refractivity contribution in [2.45, 2.75) is 26.9 Å². The molecule has 0 atom stereocenters. The highest BCUT2D eigenvalue weighted by atomic mass is 15.1. The van der Waals surface area contributed by atoms with Crippen LogP contribution in [0.1, 0.15) is 29.3 Å². The molecule has 0 saturated carbocycles. The van der Waals surface area contributed by atoms with Crippen LogP contribution in [0.2, 0.25) is 0 Å². The summed E-state index contributed by atoms with van der Waals surface area (Å²) in [6.07, 6.45) is 0. The first kappa shape index (κ1) is 11.3. The minimum absolute atomic E-state index is 0.824. The molecule has 1 aromatic carbocycles. The van der Waals surface area contributed by atoms with Gasteiger partial charge in [-0.05, 0) is 36.7 Å². The number of nitrogens with zero attached hydrogens (tertiary/aromatic N) is 3. The third-order valence-electron chi connectivity index (χ3n) is 4.16. The molecule has 0 amide bonds. The van der Waals surface area contributed by atoms with Crippen LogP contribution < -0.4 is 0 Å². The Morgan fingerprint density at radius 3 is 2.56 bits per heavy atom. The number of aromatic nitrogens is 1. The van der Waals surface area contributed by atoms with Crippen LogP contribution >= 0.6 is 0 Å². The molecule has 1 aliphatic rings. The summed E-state index contributed by atoms with van der Waals surface area (Å²) in [6, 6.07) is 6.81. The molecule has 0 saturated heterocycles. The number of aryl methyl sites for hydroxylation is 1. The number of rotatable bonds is 1. The predicted molar refractivity (Wildman–Crippen MR) is 72.2 cm³/mol. The second-order valence-corrected chi connectivity index (χ2v) is 5.07. The molecule has 0 aliphatic carbocycles. The van der Waals surface area contributed by atoms with Gasteiger partial charge in [0.05, 0.1) is 5.56 Å². The summed E-state index contributed by atoms with van der Waals surface area (Å²) in [4.78, 5) is 2.42. The molecule has 0 unspecified atom stereocenters. The standard InChI is InChI=1S/C15H17N3/c1-4-18-8-11-5-13-14(7-16)10(2)17(3)15(13)6-12(11)9-18/h5-6H,4,8-9H2,1-3H3. The van der Waals surface area contributed by atoms with Gasteiger partial charge in [-0.2, -0.15) is 5.26 Å². The monoisotopic (exact) mass is 239 g/mol. The lowest BCUT2D eigenvalue weighted by atomic mass is 10.1. The van der Waals surface area contributed by atoms with E-state index in [1.165, 1.54) is 16.6 Å². The SMILES string of the molecule is CCN1Cc2cc3c(C#N)c(C)n(C)c3cc2C1. The molecular formula is C15H17N3. The first-order valence-electron chi connectivity index (χ1n) is 6.39. The molecule has 0 radical (unpaired) electrons. The van der Waals surface area contributed by atoms with Crippen molar-refractivity contribution in [1.82, 2.24) is 9.47 Å². The highest BCUT2D eigenvalue weighted by Crippen LogP contribution is 2.31. The van der Waals surface area contributed by atoms with E-state index in [9.17, 15) is 5.26 Å². The highest BCUT2D eigenvalue weighted by Gasteiger charge is 2.21. The fourth-order valence-electron chi connectivity index (χ4n) is 2.89. The minimum Gasteiger partial charge on any atom is -0.347 e. The molecule has 1 aliphatic heterocycles. The van der Waals surface area contributed by atoms with Crippen molar-refractivity contribution in [3.63, 3.8) is 0 Å². The molecule has 18 heavy (non-hydrogen) atoms. The van der Waals surface area contributed by atoms with E-state index in [2.05, 4.69) is 34.6 Å². The van der Waals surface area contributed by atoms with E-state index in [0.717, 1.165) is 36.3 Å². The van der Waals surface area contributed by atoms with Crippen molar-refractivity contribution in [1.29, 1.82) is 5.26 Å². The summed E-state index contributed by atoms with van der Waals surface area (Å²) in [5, 5.41) is 10.4. The second-order valence-electron chi connectivity index (χ2n) is 5.07. The third kappa shape index (κ3) is 1.39. The first-order valence-corrected chi connectivity index (χ1v) is 6.39. The average Bonchev–Trinajstić information content (AvgIpc) is 2.88. The third-order valence-corrected chi connectivity index (χ3v) is 4.16. The molecular weight excluding hydrogens is 222 g/mol. The zero-order chi connectivity index (χ0) is 12.9. The largest absolute Gasteiger partial charge is 0.347 e. The fourth-order valence-corrected chi connectivity index (χ4v) is 2.89. The van der Waals surface area contributed by atoms with Gasteiger partial charge in [-0.1, -0.05) is 6.92 Å². The van der Waals surface area contributed by atoms with Gasteiger partial charge in [-0.3, -0.25) is 4.90 Å². The van der Waals surface area contributed by atoms with Crippen molar-refractivity contribution in [2.75, 3.05) is 6.54 Å². The normalized spacial score (nSPS) is 15.0. The van der Waals surface area contributed by atoms with Crippen LogP contribution in [0.15, 0.2) is 12.1 Å². The maximum absolute atomic E-state index is 9.30. The molecule has 3 nitrogen and oxygen atoms in total. The van der Waals surface area contributed by atoms with Crippen molar-refractivity contribution >= 4 is 10.9 Å². The van der Waals surface area contributed by atoms with E-state index in [4.69, 9.17) is 0 Å². The Labute approximate surface area is 107 Å². The Balaban J connectivity index is 2.26. The van der Waals surface area contributed by atoms with E-state index in [-0.39, 0.29) is 0 Å². The molecule has 1 aromatic heterocycles. The average molecular weight is 239 g/mol. The second kappa shape index (κ2) is 3.86. The lowest BCUT2D eigenvalue weighted by Gasteiger charge is -2.09. The number of fused-ring (bicyclic) bond motifs is 2. The molecule has 0 fully saturated rings. The topological polar surface area (TPSA) is 32.0 Å². The lowest BCUT2D eigenvalue weighted by Crippen LogP contribution is -2.14. The van der Waals surface area contributed by atoms with Gasteiger partial charge in [-0.25, -0.2) is 0 Å². The zero-order valence-electron chi connectivity index (χ0n) is 11.1. The predicted octanol–water partition coefficient (Wildman–Crippen LogP) is 2.69. The van der Waals surface area contributed by atoms with Gasteiger partial charge in [0.15, 0.2) is 0 Å². The molecule has 0 bridgehead atoms. The highest BCUT2D eigenvalue weighted by molar-refractivity contribution is 5.89. The number of nitriles is 1. The fraction of sp³-hybridized carbons (Fsp3) is 0.400. The number of benzene rings is 1. The molecule has 2 aromatic rings. The summed E-state index contributed by atoms with van der Waals surface area (Å²) in [5.41, 5.74) is 5.86. The quantitative estimate of drug-likeness (QED) is 0.766. The molecule has 0 N–H and O–H groups in total. The van der Waals surface area contributed by atoms with Gasteiger partial charge in [0, 0.05) is 36.7 Å². The van der Waals surface area contributed by atoms with Gasteiger partial charge >= 0.3 is 0 Å². The van der Waals surface area contributed by atoms with Crippen molar-refractivity contribution in [3.05, 3.63) is 34.5 Å². The van der Waals surface area contributed by atoms with Crippen molar-refractivity contribution in [3.8, 4) is 6.07 Å². The minimum atomic E-state index is 0.824. The van der Waals surface area contributed by atoms with Crippen LogP contribution in [0.5, 0.6) is 0 Å². The van der Waals surface area contributed by atoms with Gasteiger partial charge in [0.1, 0.15) is 6.07 Å². The lowest BCUT2D eigenvalue weighted by molar-refractivity contribution is 0.301. The Morgan fingerprint density at radius 1 is 1.28 bits per heavy atom. The molecule has 2 heterocycles. The van der Waals surface area contributed by atoms with E-state index in [1.807, 2.05) is 14.0 Å². The van der Waals surface area contributed by atoms with Crippen molar-refractivity contribution < 1.29 is 0 Å². The van der Waals surface area contributed by atoms with Gasteiger partial charge in [0.2, 0.25) is 0 Å². The van der Waals surface area contributed by atoms with Crippen LogP contribution in [-0.2, 0) is 20.1 Å². The Kier molecular flexibility index (Phi) is 2.42. The Hall–Kier alpha value is -1.79. The summed E-state index contributed by atoms with van der Waals surface area (Å²) in [7, 11) is 2.04. The Morgan fingerprint density at radius 2 is 1.94 bits per heavy atom. The summed E-state index contributed by atoms with van der Waals surface area (Å²) in [5.74, 6) is 0. The molecule has 3 heteroatoms. The van der Waals surface area contributed by atoms with E-state index >= 15 is 0 Å². The van der Waals surface area contributed by atoms with Crippen LogP contribution in [0.3, 0.4) is 0 Å². The number of hydrogen-bond acceptors (Lipinski definition) is 2. The van der Waals surface area contributed by atoms with Crippen LogP contribution in [-0.4, -0.2) is 16.0 Å². The first-order chi connectivity index (χ1) is 8.65. The van der Waals surface area contributed by atoms with Crippen LogP contribution in [0.4, 0.5) is 0 Å². The molecule has 92 valence electrons.